The smallest absolute Gasteiger partial charge is 0.00817 e. The molecule has 2 unspecified atom stereocenters. The van der Waals surface area contributed by atoms with Crippen molar-refractivity contribution in [3.05, 3.63) is 0 Å². The Morgan fingerprint density at radius 2 is 2.19 bits per heavy atom. The van der Waals surface area contributed by atoms with Gasteiger partial charge < -0.3 is 10.6 Å². The van der Waals surface area contributed by atoms with Crippen molar-refractivity contribution in [2.45, 2.75) is 70.9 Å². The first-order valence-electron chi connectivity index (χ1n) is 7.21. The number of hydrogen-bond donors (Lipinski definition) is 2. The van der Waals surface area contributed by atoms with Crippen LogP contribution in [0.25, 0.3) is 0 Å². The lowest BCUT2D eigenvalue weighted by Crippen LogP contribution is -2.41. The van der Waals surface area contributed by atoms with Gasteiger partial charge in [-0.2, -0.15) is 0 Å². The van der Waals surface area contributed by atoms with Crippen LogP contribution in [0.3, 0.4) is 0 Å². The summed E-state index contributed by atoms with van der Waals surface area (Å²) < 4.78 is 0. The molecule has 1 saturated heterocycles. The first-order valence-corrected chi connectivity index (χ1v) is 7.21. The van der Waals surface area contributed by atoms with Gasteiger partial charge in [0.15, 0.2) is 0 Å². The highest BCUT2D eigenvalue weighted by Crippen LogP contribution is 2.47. The number of piperidine rings is 1. The average molecular weight is 224 g/mol. The molecule has 0 spiro atoms. The Labute approximate surface area is 101 Å². The highest BCUT2D eigenvalue weighted by atomic mass is 15.0. The molecule has 2 fully saturated rings. The second-order valence-electron chi connectivity index (χ2n) is 6.02. The molecule has 16 heavy (non-hydrogen) atoms. The lowest BCUT2D eigenvalue weighted by molar-refractivity contribution is 0.328. The van der Waals surface area contributed by atoms with Crippen LogP contribution >= 0.6 is 0 Å². The van der Waals surface area contributed by atoms with E-state index in [4.69, 9.17) is 0 Å². The molecule has 2 heteroatoms. The van der Waals surface area contributed by atoms with Crippen LogP contribution in [0, 0.1) is 5.41 Å². The Morgan fingerprint density at radius 3 is 2.75 bits per heavy atom. The summed E-state index contributed by atoms with van der Waals surface area (Å²) in [6.07, 6.45) is 9.73. The predicted molar refractivity (Wildman–Crippen MR) is 69.7 cm³/mol. The van der Waals surface area contributed by atoms with Gasteiger partial charge in [-0.3, -0.25) is 0 Å². The Hall–Kier alpha value is -0.0800. The average Bonchev–Trinajstić information content (AvgIpc) is 3.09. The molecule has 1 aliphatic carbocycles. The quantitative estimate of drug-likeness (QED) is 0.725. The van der Waals surface area contributed by atoms with Crippen LogP contribution < -0.4 is 10.6 Å². The largest absolute Gasteiger partial charge is 0.314 e. The highest BCUT2D eigenvalue weighted by molar-refractivity contribution is 4.94. The van der Waals surface area contributed by atoms with Crippen molar-refractivity contribution in [3.63, 3.8) is 0 Å². The van der Waals surface area contributed by atoms with Crippen molar-refractivity contribution in [3.8, 4) is 0 Å². The molecule has 1 saturated carbocycles. The third-order valence-electron chi connectivity index (χ3n) is 4.58. The van der Waals surface area contributed by atoms with Crippen LogP contribution in [0.5, 0.6) is 0 Å². The molecule has 1 aliphatic heterocycles. The van der Waals surface area contributed by atoms with Crippen molar-refractivity contribution in [2.75, 3.05) is 13.1 Å². The standard InChI is InChI=1S/C14H28N2/c1-3-14(7-8-14)11-16-12(2)10-13-6-4-5-9-15-13/h12-13,15-16H,3-11H2,1-2H3. The van der Waals surface area contributed by atoms with Gasteiger partial charge in [-0.15, -0.1) is 0 Å². The second-order valence-corrected chi connectivity index (χ2v) is 6.02. The summed E-state index contributed by atoms with van der Waals surface area (Å²) >= 11 is 0. The summed E-state index contributed by atoms with van der Waals surface area (Å²) in [6, 6.07) is 1.45. The van der Waals surface area contributed by atoms with Crippen molar-refractivity contribution in [1.82, 2.24) is 10.6 Å². The molecule has 0 radical (unpaired) electrons. The maximum Gasteiger partial charge on any atom is 0.00817 e. The van der Waals surface area contributed by atoms with E-state index >= 15 is 0 Å². The molecule has 2 atom stereocenters. The third kappa shape index (κ3) is 3.46. The molecular weight excluding hydrogens is 196 g/mol. The van der Waals surface area contributed by atoms with Gasteiger partial charge in [-0.1, -0.05) is 13.3 Å². The minimum atomic E-state index is 0.680. The summed E-state index contributed by atoms with van der Waals surface area (Å²) in [5, 5.41) is 7.38. The lowest BCUT2D eigenvalue weighted by atomic mass is 9.98. The van der Waals surface area contributed by atoms with Crippen molar-refractivity contribution in [1.29, 1.82) is 0 Å². The molecule has 0 aromatic carbocycles. The van der Waals surface area contributed by atoms with Gasteiger partial charge in [-0.05, 0) is 57.4 Å². The fourth-order valence-corrected chi connectivity index (χ4v) is 2.86. The molecule has 2 rings (SSSR count). The normalized spacial score (nSPS) is 30.0. The van der Waals surface area contributed by atoms with Crippen molar-refractivity contribution in [2.24, 2.45) is 5.41 Å². The van der Waals surface area contributed by atoms with Crippen LogP contribution in [0.2, 0.25) is 0 Å². The zero-order chi connectivity index (χ0) is 11.4. The molecular formula is C14H28N2. The molecule has 2 N–H and O–H groups in total. The van der Waals surface area contributed by atoms with Gasteiger partial charge in [0, 0.05) is 18.6 Å². The molecule has 2 aliphatic rings. The fourth-order valence-electron chi connectivity index (χ4n) is 2.86. The Kier molecular flexibility index (Phi) is 4.26. The van der Waals surface area contributed by atoms with E-state index in [1.807, 2.05) is 0 Å². The monoisotopic (exact) mass is 224 g/mol. The first-order chi connectivity index (χ1) is 7.74. The molecule has 2 nitrogen and oxygen atoms in total. The Bertz CT molecular complexity index is 205. The van der Waals surface area contributed by atoms with Gasteiger partial charge in [0.2, 0.25) is 0 Å². The van der Waals surface area contributed by atoms with Gasteiger partial charge in [0.05, 0.1) is 0 Å². The zero-order valence-corrected chi connectivity index (χ0v) is 11.0. The van der Waals surface area contributed by atoms with Crippen LogP contribution in [0.4, 0.5) is 0 Å². The minimum absolute atomic E-state index is 0.680. The van der Waals surface area contributed by atoms with Gasteiger partial charge >= 0.3 is 0 Å². The molecule has 0 amide bonds. The summed E-state index contributed by atoms with van der Waals surface area (Å²) in [5.41, 5.74) is 0.689. The minimum Gasteiger partial charge on any atom is -0.314 e. The van der Waals surface area contributed by atoms with E-state index in [0.29, 0.717) is 11.5 Å². The molecule has 0 aromatic rings. The number of rotatable bonds is 6. The van der Waals surface area contributed by atoms with E-state index in [2.05, 4.69) is 24.5 Å². The van der Waals surface area contributed by atoms with E-state index in [1.54, 1.807) is 0 Å². The second kappa shape index (κ2) is 5.50. The zero-order valence-electron chi connectivity index (χ0n) is 11.0. The van der Waals surface area contributed by atoms with Crippen LogP contribution in [0.15, 0.2) is 0 Å². The molecule has 94 valence electrons. The SMILES string of the molecule is CCC1(CNC(C)CC2CCCCN2)CC1. The summed E-state index contributed by atoms with van der Waals surface area (Å²) in [4.78, 5) is 0. The van der Waals surface area contributed by atoms with E-state index in [-0.39, 0.29) is 0 Å². The van der Waals surface area contributed by atoms with Gasteiger partial charge in [0.25, 0.3) is 0 Å². The lowest BCUT2D eigenvalue weighted by Gasteiger charge is -2.27. The molecule has 0 bridgehead atoms. The van der Waals surface area contributed by atoms with E-state index < -0.39 is 0 Å². The van der Waals surface area contributed by atoms with Crippen LogP contribution in [-0.2, 0) is 0 Å². The summed E-state index contributed by atoms with van der Waals surface area (Å²) in [5.74, 6) is 0. The Balaban J connectivity index is 1.62. The van der Waals surface area contributed by atoms with Crippen molar-refractivity contribution < 1.29 is 0 Å². The number of hydrogen-bond acceptors (Lipinski definition) is 2. The summed E-state index contributed by atoms with van der Waals surface area (Å²) in [7, 11) is 0. The van der Waals surface area contributed by atoms with E-state index in [9.17, 15) is 0 Å². The maximum absolute atomic E-state index is 3.74. The first kappa shape index (κ1) is 12.4. The van der Waals surface area contributed by atoms with Gasteiger partial charge in [0.1, 0.15) is 0 Å². The molecule has 0 aromatic heterocycles. The predicted octanol–water partition coefficient (Wildman–Crippen LogP) is 2.69. The maximum atomic E-state index is 3.74. The fraction of sp³-hybridized carbons (Fsp3) is 1.00. The van der Waals surface area contributed by atoms with Crippen molar-refractivity contribution >= 4 is 0 Å². The Morgan fingerprint density at radius 1 is 1.38 bits per heavy atom. The molecule has 1 heterocycles. The van der Waals surface area contributed by atoms with E-state index in [1.165, 1.54) is 58.0 Å². The van der Waals surface area contributed by atoms with Gasteiger partial charge in [-0.25, -0.2) is 0 Å². The van der Waals surface area contributed by atoms with Crippen LogP contribution in [0.1, 0.15) is 58.8 Å². The number of nitrogens with one attached hydrogen (secondary N) is 2. The van der Waals surface area contributed by atoms with Crippen LogP contribution in [-0.4, -0.2) is 25.2 Å². The highest BCUT2D eigenvalue weighted by Gasteiger charge is 2.40. The van der Waals surface area contributed by atoms with E-state index in [0.717, 1.165) is 6.04 Å². The third-order valence-corrected chi connectivity index (χ3v) is 4.58. The topological polar surface area (TPSA) is 24.1 Å². The summed E-state index contributed by atoms with van der Waals surface area (Å²) in [6.45, 7) is 7.16.